The van der Waals surface area contributed by atoms with E-state index in [2.05, 4.69) is 25.7 Å². The molecule has 0 aromatic carbocycles. The Morgan fingerprint density at radius 2 is 2.36 bits per heavy atom. The van der Waals surface area contributed by atoms with Crippen molar-refractivity contribution in [2.24, 2.45) is 0 Å². The highest BCUT2D eigenvalue weighted by Gasteiger charge is 2.15. The standard InChI is InChI=1S/C9H7BrN2O2/c1-5-3-6(4-11)12-8(10)7(5)9(13)14-2/h3H,1-2H3. The summed E-state index contributed by atoms with van der Waals surface area (Å²) < 4.78 is 4.91. The van der Waals surface area contributed by atoms with Crippen LogP contribution in [0.1, 0.15) is 21.6 Å². The Labute approximate surface area is 89.6 Å². The maximum absolute atomic E-state index is 11.3. The number of rotatable bonds is 1. The molecule has 0 radical (unpaired) electrons. The fourth-order valence-electron chi connectivity index (χ4n) is 1.04. The third-order valence-corrected chi connectivity index (χ3v) is 2.25. The van der Waals surface area contributed by atoms with Crippen LogP contribution in [0.5, 0.6) is 0 Å². The van der Waals surface area contributed by atoms with Crippen LogP contribution >= 0.6 is 15.9 Å². The predicted molar refractivity (Wildman–Crippen MR) is 52.7 cm³/mol. The fourth-order valence-corrected chi connectivity index (χ4v) is 1.70. The Bertz CT molecular complexity index is 400. The molecule has 0 amide bonds. The lowest BCUT2D eigenvalue weighted by atomic mass is 10.1. The average molecular weight is 255 g/mol. The van der Waals surface area contributed by atoms with Crippen molar-refractivity contribution >= 4 is 21.9 Å². The molecule has 0 aliphatic heterocycles. The van der Waals surface area contributed by atoms with Crippen molar-refractivity contribution in [3.63, 3.8) is 0 Å². The van der Waals surface area contributed by atoms with E-state index < -0.39 is 5.97 Å². The van der Waals surface area contributed by atoms with Gasteiger partial charge in [0.1, 0.15) is 16.4 Å². The van der Waals surface area contributed by atoms with Gasteiger partial charge in [0.25, 0.3) is 0 Å². The van der Waals surface area contributed by atoms with Crippen molar-refractivity contribution in [2.45, 2.75) is 6.92 Å². The first-order valence-corrected chi connectivity index (χ1v) is 4.55. The highest BCUT2D eigenvalue weighted by Crippen LogP contribution is 2.19. The first-order chi connectivity index (χ1) is 6.60. The predicted octanol–water partition coefficient (Wildman–Crippen LogP) is 1.81. The minimum Gasteiger partial charge on any atom is -0.465 e. The van der Waals surface area contributed by atoms with Gasteiger partial charge < -0.3 is 4.74 Å². The van der Waals surface area contributed by atoms with Gasteiger partial charge in [0, 0.05) is 0 Å². The molecule has 0 saturated carbocycles. The second-order valence-electron chi connectivity index (χ2n) is 2.59. The molecule has 1 aromatic rings. The van der Waals surface area contributed by atoms with Crippen LogP contribution in [0.3, 0.4) is 0 Å². The SMILES string of the molecule is COC(=O)c1c(C)cc(C#N)nc1Br. The van der Waals surface area contributed by atoms with E-state index in [0.717, 1.165) is 0 Å². The Kier molecular flexibility index (Phi) is 3.20. The van der Waals surface area contributed by atoms with Gasteiger partial charge in [-0.3, -0.25) is 0 Å². The third kappa shape index (κ3) is 1.91. The largest absolute Gasteiger partial charge is 0.465 e. The van der Waals surface area contributed by atoms with Crippen molar-refractivity contribution in [1.82, 2.24) is 4.98 Å². The zero-order chi connectivity index (χ0) is 10.7. The smallest absolute Gasteiger partial charge is 0.340 e. The van der Waals surface area contributed by atoms with E-state index in [0.29, 0.717) is 15.7 Å². The minimum atomic E-state index is -0.466. The van der Waals surface area contributed by atoms with E-state index in [1.165, 1.54) is 13.2 Å². The molecule has 0 fully saturated rings. The summed E-state index contributed by atoms with van der Waals surface area (Å²) in [4.78, 5) is 15.2. The van der Waals surface area contributed by atoms with Crippen LogP contribution < -0.4 is 0 Å². The highest BCUT2D eigenvalue weighted by molar-refractivity contribution is 9.10. The molecular formula is C9H7BrN2O2. The molecule has 0 N–H and O–H groups in total. The van der Waals surface area contributed by atoms with E-state index >= 15 is 0 Å². The quantitative estimate of drug-likeness (QED) is 0.567. The summed E-state index contributed by atoms with van der Waals surface area (Å²) in [5, 5.41) is 8.62. The number of methoxy groups -OCH3 is 1. The summed E-state index contributed by atoms with van der Waals surface area (Å²) >= 11 is 3.12. The van der Waals surface area contributed by atoms with Crippen molar-refractivity contribution in [1.29, 1.82) is 5.26 Å². The molecule has 4 nitrogen and oxygen atoms in total. The Morgan fingerprint density at radius 3 is 2.79 bits per heavy atom. The molecular weight excluding hydrogens is 248 g/mol. The van der Waals surface area contributed by atoms with Gasteiger partial charge in [0.05, 0.1) is 12.7 Å². The monoisotopic (exact) mass is 254 g/mol. The zero-order valence-electron chi connectivity index (χ0n) is 7.67. The van der Waals surface area contributed by atoms with Crippen molar-refractivity contribution in [2.75, 3.05) is 7.11 Å². The summed E-state index contributed by atoms with van der Waals surface area (Å²) in [5.41, 5.74) is 1.28. The summed E-state index contributed by atoms with van der Waals surface area (Å²) in [6, 6.07) is 3.44. The summed E-state index contributed by atoms with van der Waals surface area (Å²) in [6.45, 7) is 1.72. The molecule has 0 aliphatic carbocycles. The van der Waals surface area contributed by atoms with Crippen molar-refractivity contribution in [3.05, 3.63) is 27.5 Å². The molecule has 14 heavy (non-hydrogen) atoms. The number of carbonyl (C=O) groups excluding carboxylic acids is 1. The molecule has 0 unspecified atom stereocenters. The molecule has 1 rings (SSSR count). The van der Waals surface area contributed by atoms with Gasteiger partial charge in [0.2, 0.25) is 0 Å². The van der Waals surface area contributed by atoms with Gasteiger partial charge in [0.15, 0.2) is 0 Å². The molecule has 1 aromatic heterocycles. The van der Waals surface area contributed by atoms with Gasteiger partial charge in [-0.15, -0.1) is 0 Å². The molecule has 0 bridgehead atoms. The van der Waals surface area contributed by atoms with Gasteiger partial charge in [-0.1, -0.05) is 0 Å². The number of aryl methyl sites for hydroxylation is 1. The van der Waals surface area contributed by atoms with Crippen LogP contribution in [0.25, 0.3) is 0 Å². The molecule has 0 saturated heterocycles. The number of nitrogens with zero attached hydrogens (tertiary/aromatic N) is 2. The van der Waals surface area contributed by atoms with E-state index in [1.807, 2.05) is 6.07 Å². The number of hydrogen-bond acceptors (Lipinski definition) is 4. The number of nitriles is 1. The van der Waals surface area contributed by atoms with Gasteiger partial charge in [-0.25, -0.2) is 9.78 Å². The van der Waals surface area contributed by atoms with E-state index in [9.17, 15) is 4.79 Å². The van der Waals surface area contributed by atoms with Crippen LogP contribution in [0, 0.1) is 18.3 Å². The Morgan fingerprint density at radius 1 is 1.71 bits per heavy atom. The van der Waals surface area contributed by atoms with Crippen LogP contribution in [0.2, 0.25) is 0 Å². The lowest BCUT2D eigenvalue weighted by molar-refractivity contribution is 0.0598. The molecule has 1 heterocycles. The van der Waals surface area contributed by atoms with Gasteiger partial charge in [-0.2, -0.15) is 5.26 Å². The van der Waals surface area contributed by atoms with Crippen LogP contribution in [-0.4, -0.2) is 18.1 Å². The fraction of sp³-hybridized carbons (Fsp3) is 0.222. The minimum absolute atomic E-state index is 0.266. The number of aromatic nitrogens is 1. The summed E-state index contributed by atoms with van der Waals surface area (Å²) in [6.07, 6.45) is 0. The molecule has 0 atom stereocenters. The number of hydrogen-bond donors (Lipinski definition) is 0. The summed E-state index contributed by atoms with van der Waals surface area (Å²) in [5.74, 6) is -0.466. The van der Waals surface area contributed by atoms with E-state index in [1.54, 1.807) is 6.92 Å². The lowest BCUT2D eigenvalue weighted by Crippen LogP contribution is -2.07. The molecule has 0 aliphatic rings. The maximum Gasteiger partial charge on any atom is 0.340 e. The number of carbonyl (C=O) groups is 1. The highest BCUT2D eigenvalue weighted by atomic mass is 79.9. The van der Waals surface area contributed by atoms with Gasteiger partial charge >= 0.3 is 5.97 Å². The molecule has 5 heteroatoms. The van der Waals surface area contributed by atoms with Crippen molar-refractivity contribution < 1.29 is 9.53 Å². The van der Waals surface area contributed by atoms with Crippen LogP contribution in [-0.2, 0) is 4.74 Å². The number of halogens is 1. The zero-order valence-corrected chi connectivity index (χ0v) is 9.25. The number of esters is 1. The third-order valence-electron chi connectivity index (χ3n) is 1.68. The van der Waals surface area contributed by atoms with Crippen LogP contribution in [0.4, 0.5) is 0 Å². The van der Waals surface area contributed by atoms with E-state index in [4.69, 9.17) is 5.26 Å². The maximum atomic E-state index is 11.3. The van der Waals surface area contributed by atoms with Crippen LogP contribution in [0.15, 0.2) is 10.7 Å². The van der Waals surface area contributed by atoms with E-state index in [-0.39, 0.29) is 5.69 Å². The summed E-state index contributed by atoms with van der Waals surface area (Å²) in [7, 11) is 1.30. The first-order valence-electron chi connectivity index (χ1n) is 3.75. The Hall–Kier alpha value is -1.41. The second kappa shape index (κ2) is 4.20. The lowest BCUT2D eigenvalue weighted by Gasteiger charge is -2.05. The Balaban J connectivity index is 3.34. The average Bonchev–Trinajstić information content (AvgIpc) is 2.16. The molecule has 0 spiro atoms. The van der Waals surface area contributed by atoms with Crippen molar-refractivity contribution in [3.8, 4) is 6.07 Å². The number of pyridine rings is 1. The van der Waals surface area contributed by atoms with Gasteiger partial charge in [-0.05, 0) is 34.5 Å². The number of ether oxygens (including phenoxy) is 1. The first kappa shape index (κ1) is 10.7. The topological polar surface area (TPSA) is 63.0 Å². The normalized spacial score (nSPS) is 9.29. The second-order valence-corrected chi connectivity index (χ2v) is 3.34. The molecule has 72 valence electrons.